The number of benzene rings is 8. The van der Waals surface area contributed by atoms with E-state index in [0.29, 0.717) is 5.56 Å². The summed E-state index contributed by atoms with van der Waals surface area (Å²) < 4.78 is 36.9. The van der Waals surface area contributed by atoms with Crippen LogP contribution in [0.25, 0.3) is 55.3 Å². The third kappa shape index (κ3) is 5.83. The lowest BCUT2D eigenvalue weighted by molar-refractivity contribution is 1.28. The lowest BCUT2D eigenvalue weighted by atomic mass is 9.97. The second-order valence-electron chi connectivity index (χ2n) is 11.5. The molecule has 0 radical (unpaired) electrons. The lowest BCUT2D eigenvalue weighted by Gasteiger charge is -2.26. The van der Waals surface area contributed by atoms with Gasteiger partial charge in [-0.05, 0) is 97.7 Å². The minimum atomic E-state index is -0.106. The quantitative estimate of drug-likeness (QED) is 0.175. The Morgan fingerprint density at radius 1 is 0.319 bits per heavy atom. The van der Waals surface area contributed by atoms with E-state index in [-0.39, 0.29) is 35.4 Å². The van der Waals surface area contributed by atoms with Crippen LogP contribution in [0.1, 0.15) is 5.48 Å². The lowest BCUT2D eigenvalue weighted by Crippen LogP contribution is -2.10. The molecule has 8 aromatic rings. The Hall–Kier alpha value is -6.18. The molecule has 8 rings (SSSR count). The van der Waals surface area contributed by atoms with E-state index in [4.69, 9.17) is 2.74 Å². The van der Waals surface area contributed by atoms with Gasteiger partial charge in [0.2, 0.25) is 0 Å². The van der Waals surface area contributed by atoms with Gasteiger partial charge in [0.05, 0.1) is 5.48 Å². The summed E-state index contributed by atoms with van der Waals surface area (Å²) in [5.74, 6) is 0. The van der Waals surface area contributed by atoms with Gasteiger partial charge in [0.1, 0.15) is 0 Å². The standard InChI is InChI=1S/C46H33N/c1-3-12-34(13-4-1)36-24-28-42(29-25-36)47(44-21-10-20-41(33-44)46-23-11-17-38-16-7-8-22-45(38)46)43-30-26-37(27-31-43)40-19-9-18-39(32-40)35-14-5-2-6-15-35/h1-33H/i24D,25D,28D,29D. The van der Waals surface area contributed by atoms with Crippen LogP contribution in [0.15, 0.2) is 200 Å². The van der Waals surface area contributed by atoms with Crippen molar-refractivity contribution in [2.24, 2.45) is 0 Å². The minimum absolute atomic E-state index is 0.0817. The second-order valence-corrected chi connectivity index (χ2v) is 11.5. The van der Waals surface area contributed by atoms with Crippen molar-refractivity contribution in [1.82, 2.24) is 0 Å². The summed E-state index contributed by atoms with van der Waals surface area (Å²) in [7, 11) is 0. The van der Waals surface area contributed by atoms with E-state index in [2.05, 4.69) is 91.0 Å². The summed E-state index contributed by atoms with van der Waals surface area (Å²) in [5, 5.41) is 2.27. The monoisotopic (exact) mass is 603 g/mol. The second kappa shape index (κ2) is 12.7. The molecule has 47 heavy (non-hydrogen) atoms. The Morgan fingerprint density at radius 2 is 0.851 bits per heavy atom. The third-order valence-corrected chi connectivity index (χ3v) is 8.53. The van der Waals surface area contributed by atoms with Gasteiger partial charge in [-0.1, -0.05) is 158 Å². The highest BCUT2D eigenvalue weighted by molar-refractivity contribution is 5.97. The van der Waals surface area contributed by atoms with Crippen LogP contribution < -0.4 is 4.90 Å². The number of nitrogens with zero attached hydrogens (tertiary/aromatic N) is 1. The first kappa shape index (κ1) is 24.1. The Labute approximate surface area is 282 Å². The fraction of sp³-hybridized carbons (Fsp3) is 0. The fourth-order valence-corrected chi connectivity index (χ4v) is 6.18. The SMILES string of the molecule is [2H]c1c([2H])c(N(c2ccc(-c3cccc(-c4ccccc4)c3)cc2)c2cccc(-c3cccc4ccccc34)c2)c([2H])c([2H])c1-c1ccccc1. The fourth-order valence-electron chi connectivity index (χ4n) is 6.18. The maximum atomic E-state index is 9.33. The zero-order chi connectivity index (χ0) is 34.9. The van der Waals surface area contributed by atoms with E-state index < -0.39 is 0 Å². The molecule has 0 aliphatic rings. The molecule has 0 amide bonds. The van der Waals surface area contributed by atoms with Crippen molar-refractivity contribution in [2.75, 3.05) is 4.90 Å². The Kier molecular flexibility index (Phi) is 6.50. The first-order chi connectivity index (χ1) is 25.0. The number of rotatable bonds is 7. The first-order valence-electron chi connectivity index (χ1n) is 17.8. The molecule has 0 spiro atoms. The molecule has 0 aliphatic carbocycles. The highest BCUT2D eigenvalue weighted by Crippen LogP contribution is 2.39. The van der Waals surface area contributed by atoms with Gasteiger partial charge in [0, 0.05) is 17.1 Å². The zero-order valence-electron chi connectivity index (χ0n) is 29.7. The van der Waals surface area contributed by atoms with E-state index >= 15 is 0 Å². The molecular formula is C46H33N. The molecular weight excluding hydrogens is 567 g/mol. The van der Waals surface area contributed by atoms with Gasteiger partial charge in [0.25, 0.3) is 0 Å². The van der Waals surface area contributed by atoms with Crippen molar-refractivity contribution in [3.63, 3.8) is 0 Å². The van der Waals surface area contributed by atoms with Crippen LogP contribution in [0.4, 0.5) is 17.1 Å². The summed E-state index contributed by atoms with van der Waals surface area (Å²) in [5.41, 5.74) is 9.01. The first-order valence-corrected chi connectivity index (χ1v) is 15.8. The molecule has 0 N–H and O–H groups in total. The molecule has 0 aromatic heterocycles. The number of fused-ring (bicyclic) bond motifs is 1. The van der Waals surface area contributed by atoms with E-state index in [1.165, 1.54) is 0 Å². The van der Waals surface area contributed by atoms with Gasteiger partial charge in [-0.3, -0.25) is 0 Å². The van der Waals surface area contributed by atoms with E-state index in [0.717, 1.165) is 55.5 Å². The molecule has 0 saturated carbocycles. The minimum Gasteiger partial charge on any atom is -0.310 e. The molecule has 0 unspecified atom stereocenters. The van der Waals surface area contributed by atoms with Crippen LogP contribution in [0.3, 0.4) is 0 Å². The molecule has 0 atom stereocenters. The number of hydrogen-bond acceptors (Lipinski definition) is 1. The molecule has 0 bridgehead atoms. The van der Waals surface area contributed by atoms with E-state index in [9.17, 15) is 2.74 Å². The van der Waals surface area contributed by atoms with Gasteiger partial charge in [-0.15, -0.1) is 0 Å². The summed E-state index contributed by atoms with van der Waals surface area (Å²) in [6.07, 6.45) is 0. The molecule has 0 fully saturated rings. The molecule has 0 aliphatic heterocycles. The third-order valence-electron chi connectivity index (χ3n) is 8.53. The van der Waals surface area contributed by atoms with E-state index in [1.807, 2.05) is 89.8 Å². The van der Waals surface area contributed by atoms with Gasteiger partial charge >= 0.3 is 0 Å². The number of anilines is 3. The highest BCUT2D eigenvalue weighted by Gasteiger charge is 2.15. The molecule has 0 saturated heterocycles. The zero-order valence-corrected chi connectivity index (χ0v) is 25.7. The predicted octanol–water partition coefficient (Wildman–Crippen LogP) is 13.0. The van der Waals surface area contributed by atoms with Gasteiger partial charge < -0.3 is 4.90 Å². The Balaban J connectivity index is 1.29. The van der Waals surface area contributed by atoms with Crippen molar-refractivity contribution in [3.8, 4) is 44.5 Å². The van der Waals surface area contributed by atoms with Crippen LogP contribution in [0, 0.1) is 0 Å². The van der Waals surface area contributed by atoms with Crippen molar-refractivity contribution in [1.29, 1.82) is 0 Å². The summed E-state index contributed by atoms with van der Waals surface area (Å²) >= 11 is 0. The van der Waals surface area contributed by atoms with Crippen molar-refractivity contribution < 1.29 is 5.48 Å². The maximum Gasteiger partial charge on any atom is 0.0645 e. The van der Waals surface area contributed by atoms with Crippen molar-refractivity contribution in [2.45, 2.75) is 0 Å². The van der Waals surface area contributed by atoms with Crippen LogP contribution in [-0.2, 0) is 0 Å². The van der Waals surface area contributed by atoms with Crippen molar-refractivity contribution in [3.05, 3.63) is 200 Å². The Morgan fingerprint density at radius 3 is 1.57 bits per heavy atom. The molecule has 1 nitrogen and oxygen atoms in total. The van der Waals surface area contributed by atoms with Crippen LogP contribution in [0.2, 0.25) is 0 Å². The molecule has 0 heterocycles. The summed E-state index contributed by atoms with van der Waals surface area (Å²) in [6, 6.07) is 58.3. The smallest absolute Gasteiger partial charge is 0.0645 e. The number of hydrogen-bond donors (Lipinski definition) is 0. The van der Waals surface area contributed by atoms with Crippen molar-refractivity contribution >= 4 is 27.8 Å². The van der Waals surface area contributed by atoms with Crippen LogP contribution in [0.5, 0.6) is 0 Å². The summed E-state index contributed by atoms with van der Waals surface area (Å²) in [6.45, 7) is 0. The van der Waals surface area contributed by atoms with E-state index in [1.54, 1.807) is 0 Å². The average molecular weight is 604 g/mol. The average Bonchev–Trinajstić information content (AvgIpc) is 3.19. The van der Waals surface area contributed by atoms with Gasteiger partial charge in [-0.25, -0.2) is 0 Å². The molecule has 8 aromatic carbocycles. The molecule has 222 valence electrons. The maximum absolute atomic E-state index is 9.33. The largest absolute Gasteiger partial charge is 0.310 e. The highest BCUT2D eigenvalue weighted by atomic mass is 15.1. The van der Waals surface area contributed by atoms with Crippen LogP contribution >= 0.6 is 0 Å². The molecule has 1 heteroatoms. The normalized spacial score (nSPS) is 12.2. The topological polar surface area (TPSA) is 3.24 Å². The van der Waals surface area contributed by atoms with Gasteiger partial charge in [0.15, 0.2) is 0 Å². The predicted molar refractivity (Wildman–Crippen MR) is 200 cm³/mol. The van der Waals surface area contributed by atoms with Gasteiger partial charge in [-0.2, -0.15) is 0 Å². The van der Waals surface area contributed by atoms with Crippen LogP contribution in [-0.4, -0.2) is 0 Å². The Bertz CT molecular complexity index is 2480. The summed E-state index contributed by atoms with van der Waals surface area (Å²) in [4.78, 5) is 1.86.